The number of H-pyrrole nitrogens is 1. The van der Waals surface area contributed by atoms with E-state index in [1.807, 2.05) is 0 Å². The van der Waals surface area contributed by atoms with Gasteiger partial charge in [0.05, 0.1) is 11.0 Å². The molecule has 0 aliphatic heterocycles. The van der Waals surface area contributed by atoms with E-state index in [1.54, 1.807) is 0 Å². The Bertz CT molecular complexity index is 531. The number of aromatic nitrogens is 2. The molecule has 18 heavy (non-hydrogen) atoms. The van der Waals surface area contributed by atoms with Crippen LogP contribution in [0.15, 0.2) is 12.1 Å². The third-order valence-electron chi connectivity index (χ3n) is 4.29. The van der Waals surface area contributed by atoms with Crippen molar-refractivity contribution in [2.75, 3.05) is 0 Å². The molecule has 1 aliphatic carbocycles. The summed E-state index contributed by atoms with van der Waals surface area (Å²) < 4.78 is 0. The summed E-state index contributed by atoms with van der Waals surface area (Å²) in [7, 11) is 0. The van der Waals surface area contributed by atoms with Gasteiger partial charge in [-0.25, -0.2) is 4.98 Å². The van der Waals surface area contributed by atoms with E-state index in [4.69, 9.17) is 10.7 Å². The minimum atomic E-state index is 0.265. The SMILES string of the molecule is Cc1cc2nc(C3CCCCC3N)[nH]c2cc1C. The predicted octanol–water partition coefficient (Wildman–Crippen LogP) is 3.16. The second-order valence-corrected chi connectivity index (χ2v) is 5.63. The zero-order chi connectivity index (χ0) is 12.7. The fourth-order valence-electron chi connectivity index (χ4n) is 2.96. The van der Waals surface area contributed by atoms with Crippen LogP contribution in [0.4, 0.5) is 0 Å². The number of hydrogen-bond acceptors (Lipinski definition) is 2. The van der Waals surface area contributed by atoms with Crippen molar-refractivity contribution in [3.8, 4) is 0 Å². The van der Waals surface area contributed by atoms with Crippen molar-refractivity contribution in [3.05, 3.63) is 29.1 Å². The number of imidazole rings is 1. The lowest BCUT2D eigenvalue weighted by Crippen LogP contribution is -2.31. The highest BCUT2D eigenvalue weighted by atomic mass is 14.9. The standard InChI is InChI=1S/C15H21N3/c1-9-7-13-14(8-10(9)2)18-15(17-13)11-5-3-4-6-12(11)16/h7-8,11-12H,3-6,16H2,1-2H3,(H,17,18). The van der Waals surface area contributed by atoms with E-state index in [0.717, 1.165) is 23.3 Å². The van der Waals surface area contributed by atoms with Crippen LogP contribution in [-0.4, -0.2) is 16.0 Å². The minimum Gasteiger partial charge on any atom is -0.342 e. The Labute approximate surface area is 108 Å². The number of aromatic amines is 1. The topological polar surface area (TPSA) is 54.7 Å². The maximum absolute atomic E-state index is 6.23. The summed E-state index contributed by atoms with van der Waals surface area (Å²) >= 11 is 0. The molecule has 0 radical (unpaired) electrons. The number of nitrogens with two attached hydrogens (primary N) is 1. The molecular weight excluding hydrogens is 222 g/mol. The summed E-state index contributed by atoms with van der Waals surface area (Å²) in [5.41, 5.74) is 11.1. The van der Waals surface area contributed by atoms with Gasteiger partial charge in [-0.2, -0.15) is 0 Å². The molecule has 3 nitrogen and oxygen atoms in total. The molecule has 2 unspecified atom stereocenters. The summed E-state index contributed by atoms with van der Waals surface area (Å²) in [5, 5.41) is 0. The Kier molecular flexibility index (Phi) is 2.86. The van der Waals surface area contributed by atoms with Crippen LogP contribution in [0.25, 0.3) is 11.0 Å². The second kappa shape index (κ2) is 4.39. The molecule has 3 rings (SSSR count). The number of nitrogens with one attached hydrogen (secondary N) is 1. The molecule has 1 saturated carbocycles. The van der Waals surface area contributed by atoms with Crippen LogP contribution in [0.1, 0.15) is 48.6 Å². The number of nitrogens with zero attached hydrogens (tertiary/aromatic N) is 1. The van der Waals surface area contributed by atoms with Gasteiger partial charge in [0.15, 0.2) is 0 Å². The van der Waals surface area contributed by atoms with Gasteiger partial charge in [-0.05, 0) is 49.9 Å². The van der Waals surface area contributed by atoms with Gasteiger partial charge in [0.25, 0.3) is 0 Å². The highest BCUT2D eigenvalue weighted by Crippen LogP contribution is 2.31. The van der Waals surface area contributed by atoms with E-state index in [1.165, 1.54) is 30.4 Å². The third-order valence-corrected chi connectivity index (χ3v) is 4.29. The molecule has 0 spiro atoms. The normalized spacial score (nSPS) is 24.6. The summed E-state index contributed by atoms with van der Waals surface area (Å²) in [4.78, 5) is 8.23. The fourth-order valence-corrected chi connectivity index (χ4v) is 2.96. The lowest BCUT2D eigenvalue weighted by Gasteiger charge is -2.26. The molecule has 0 saturated heterocycles. The molecule has 2 aromatic rings. The average Bonchev–Trinajstić information content (AvgIpc) is 2.73. The van der Waals surface area contributed by atoms with Crippen LogP contribution in [0, 0.1) is 13.8 Å². The van der Waals surface area contributed by atoms with Crippen LogP contribution in [0.2, 0.25) is 0 Å². The Hall–Kier alpha value is -1.35. The maximum atomic E-state index is 6.23. The van der Waals surface area contributed by atoms with Gasteiger partial charge in [-0.15, -0.1) is 0 Å². The number of fused-ring (bicyclic) bond motifs is 1. The first-order valence-corrected chi connectivity index (χ1v) is 6.87. The molecule has 1 aromatic heterocycles. The Morgan fingerprint density at radius 3 is 2.67 bits per heavy atom. The van der Waals surface area contributed by atoms with E-state index in [9.17, 15) is 0 Å². The summed E-state index contributed by atoms with van der Waals surface area (Å²) in [6, 6.07) is 4.62. The first-order valence-electron chi connectivity index (χ1n) is 6.87. The molecule has 1 aliphatic rings. The zero-order valence-corrected chi connectivity index (χ0v) is 11.2. The second-order valence-electron chi connectivity index (χ2n) is 5.63. The molecule has 3 N–H and O–H groups in total. The highest BCUT2D eigenvalue weighted by molar-refractivity contribution is 5.77. The van der Waals surface area contributed by atoms with E-state index in [-0.39, 0.29) is 6.04 Å². The number of rotatable bonds is 1. The lowest BCUT2D eigenvalue weighted by atomic mass is 9.84. The predicted molar refractivity (Wildman–Crippen MR) is 74.8 cm³/mol. The molecule has 0 amide bonds. The van der Waals surface area contributed by atoms with E-state index >= 15 is 0 Å². The minimum absolute atomic E-state index is 0.265. The van der Waals surface area contributed by atoms with Gasteiger partial charge in [0.2, 0.25) is 0 Å². The average molecular weight is 243 g/mol. The molecule has 1 heterocycles. The van der Waals surface area contributed by atoms with Crippen molar-refractivity contribution in [2.45, 2.75) is 51.5 Å². The molecule has 1 aromatic carbocycles. The van der Waals surface area contributed by atoms with Crippen molar-refractivity contribution in [2.24, 2.45) is 5.73 Å². The van der Waals surface area contributed by atoms with Gasteiger partial charge in [0, 0.05) is 12.0 Å². The van der Waals surface area contributed by atoms with Crippen molar-refractivity contribution in [1.29, 1.82) is 0 Å². The fraction of sp³-hybridized carbons (Fsp3) is 0.533. The van der Waals surface area contributed by atoms with Gasteiger partial charge in [-0.1, -0.05) is 12.8 Å². The smallest absolute Gasteiger partial charge is 0.111 e. The summed E-state index contributed by atoms with van der Waals surface area (Å²) in [6.07, 6.45) is 4.82. The third kappa shape index (κ3) is 1.93. The number of aryl methyl sites for hydroxylation is 2. The molecule has 0 bridgehead atoms. The van der Waals surface area contributed by atoms with Crippen LogP contribution in [0.3, 0.4) is 0 Å². The Morgan fingerprint density at radius 1 is 1.17 bits per heavy atom. The number of hydrogen-bond donors (Lipinski definition) is 2. The largest absolute Gasteiger partial charge is 0.342 e. The monoisotopic (exact) mass is 243 g/mol. The molecule has 2 atom stereocenters. The van der Waals surface area contributed by atoms with Crippen molar-refractivity contribution >= 4 is 11.0 Å². The Morgan fingerprint density at radius 2 is 1.89 bits per heavy atom. The van der Waals surface area contributed by atoms with Crippen LogP contribution in [-0.2, 0) is 0 Å². The molecule has 96 valence electrons. The van der Waals surface area contributed by atoms with Gasteiger partial charge >= 0.3 is 0 Å². The first kappa shape index (κ1) is 11.7. The molecular formula is C15H21N3. The summed E-state index contributed by atoms with van der Waals surface area (Å²) in [5.74, 6) is 1.49. The lowest BCUT2D eigenvalue weighted by molar-refractivity contribution is 0.375. The van der Waals surface area contributed by atoms with Crippen molar-refractivity contribution in [1.82, 2.24) is 9.97 Å². The van der Waals surface area contributed by atoms with E-state index < -0.39 is 0 Å². The van der Waals surface area contributed by atoms with Crippen molar-refractivity contribution in [3.63, 3.8) is 0 Å². The van der Waals surface area contributed by atoms with Crippen LogP contribution in [0.5, 0.6) is 0 Å². The molecule has 1 fully saturated rings. The van der Waals surface area contributed by atoms with Gasteiger partial charge < -0.3 is 10.7 Å². The van der Waals surface area contributed by atoms with E-state index in [2.05, 4.69) is 31.0 Å². The van der Waals surface area contributed by atoms with Gasteiger partial charge in [0.1, 0.15) is 5.82 Å². The van der Waals surface area contributed by atoms with Crippen LogP contribution >= 0.6 is 0 Å². The summed E-state index contributed by atoms with van der Waals surface area (Å²) in [6.45, 7) is 4.27. The van der Waals surface area contributed by atoms with Crippen LogP contribution < -0.4 is 5.73 Å². The highest BCUT2D eigenvalue weighted by Gasteiger charge is 2.25. The Balaban J connectivity index is 2.02. The maximum Gasteiger partial charge on any atom is 0.111 e. The van der Waals surface area contributed by atoms with E-state index in [0.29, 0.717) is 5.92 Å². The molecule has 3 heteroatoms. The number of benzene rings is 1. The zero-order valence-electron chi connectivity index (χ0n) is 11.2. The van der Waals surface area contributed by atoms with Gasteiger partial charge in [-0.3, -0.25) is 0 Å². The first-order chi connectivity index (χ1) is 8.65. The van der Waals surface area contributed by atoms with Crippen molar-refractivity contribution < 1.29 is 0 Å². The quantitative estimate of drug-likeness (QED) is 0.808.